The molecule has 0 saturated heterocycles. The van der Waals surface area contributed by atoms with Crippen molar-refractivity contribution in [3.05, 3.63) is 89.7 Å². The van der Waals surface area contributed by atoms with Gasteiger partial charge in [-0.05, 0) is 65.1 Å². The first-order valence-corrected chi connectivity index (χ1v) is 12.6. The molecule has 9 heteroatoms. The number of carbonyl (C=O) groups is 1. The molecule has 2 atom stereocenters. The summed E-state index contributed by atoms with van der Waals surface area (Å²) in [7, 11) is -2.09. The van der Waals surface area contributed by atoms with Gasteiger partial charge in [-0.1, -0.05) is 13.0 Å². The average Bonchev–Trinajstić information content (AvgIpc) is 3.46. The highest BCUT2D eigenvalue weighted by molar-refractivity contribution is 8.29. The quantitative estimate of drug-likeness (QED) is 0.379. The summed E-state index contributed by atoms with van der Waals surface area (Å²) in [5, 5.41) is 9.89. The molecule has 3 aromatic heterocycles. The molecule has 0 aliphatic carbocycles. The monoisotopic (exact) mass is 467 g/mol. The van der Waals surface area contributed by atoms with Crippen LogP contribution in [0.4, 0.5) is 4.39 Å². The van der Waals surface area contributed by atoms with Gasteiger partial charge in [0, 0.05) is 30.2 Å². The fourth-order valence-corrected chi connectivity index (χ4v) is 5.02. The summed E-state index contributed by atoms with van der Waals surface area (Å²) < 4.78 is 27.4. The molecule has 3 heterocycles. The second kappa shape index (κ2) is 9.21. The van der Waals surface area contributed by atoms with Crippen LogP contribution in [0.25, 0.3) is 16.6 Å². The Morgan fingerprint density at radius 2 is 2.00 bits per heavy atom. The first kappa shape index (κ1) is 22.8. The van der Waals surface area contributed by atoms with Crippen molar-refractivity contribution in [2.24, 2.45) is 0 Å². The van der Waals surface area contributed by atoms with E-state index in [9.17, 15) is 13.7 Å². The molecular formula is C24H26FN5O2S. The summed E-state index contributed by atoms with van der Waals surface area (Å²) in [6.45, 7) is 3.86. The van der Waals surface area contributed by atoms with E-state index in [1.807, 2.05) is 38.4 Å². The number of fused-ring (bicyclic) bond motifs is 1. The molecule has 1 amide bonds. The molecule has 0 aliphatic rings. The van der Waals surface area contributed by atoms with E-state index >= 15 is 0 Å². The second-order valence-corrected chi connectivity index (χ2v) is 10.2. The summed E-state index contributed by atoms with van der Waals surface area (Å²) in [6, 6.07) is 7.64. The molecule has 1 aromatic carbocycles. The minimum Gasteiger partial charge on any atom is -0.345 e. The number of rotatable bonds is 7. The number of pyridine rings is 1. The highest BCUT2D eigenvalue weighted by Gasteiger charge is 2.21. The Balaban J connectivity index is 1.61. The van der Waals surface area contributed by atoms with Gasteiger partial charge in [-0.3, -0.25) is 13.8 Å². The van der Waals surface area contributed by atoms with Gasteiger partial charge in [0.25, 0.3) is 5.91 Å². The van der Waals surface area contributed by atoms with E-state index in [-0.39, 0.29) is 17.8 Å². The molecule has 4 rings (SSSR count). The Labute approximate surface area is 193 Å². The Kier molecular flexibility index (Phi) is 6.35. The predicted molar refractivity (Wildman–Crippen MR) is 130 cm³/mol. The van der Waals surface area contributed by atoms with Crippen LogP contribution in [0.5, 0.6) is 0 Å². The van der Waals surface area contributed by atoms with E-state index in [0.29, 0.717) is 28.6 Å². The zero-order chi connectivity index (χ0) is 23.6. The lowest BCUT2D eigenvalue weighted by Crippen LogP contribution is -2.28. The van der Waals surface area contributed by atoms with E-state index in [2.05, 4.69) is 15.4 Å². The minimum atomic E-state index is -2.09. The molecule has 0 spiro atoms. The van der Waals surface area contributed by atoms with Crippen molar-refractivity contribution >= 4 is 27.3 Å². The highest BCUT2D eigenvalue weighted by Crippen LogP contribution is 2.43. The van der Waals surface area contributed by atoms with Gasteiger partial charge in [-0.25, -0.2) is 9.07 Å². The van der Waals surface area contributed by atoms with Crippen LogP contribution in [-0.2, 0) is 0 Å². The van der Waals surface area contributed by atoms with Crippen molar-refractivity contribution in [3.8, 4) is 5.69 Å². The van der Waals surface area contributed by atoms with Crippen LogP contribution >= 0.6 is 10.5 Å². The summed E-state index contributed by atoms with van der Waals surface area (Å²) in [5.74, 6) is -0.597. The van der Waals surface area contributed by atoms with Crippen molar-refractivity contribution in [2.45, 2.75) is 26.3 Å². The third-order valence-electron chi connectivity index (χ3n) is 5.44. The molecule has 33 heavy (non-hydrogen) atoms. The molecule has 2 unspecified atom stereocenters. The summed E-state index contributed by atoms with van der Waals surface area (Å²) in [5.41, 5.74) is 2.64. The van der Waals surface area contributed by atoms with Gasteiger partial charge in [-0.2, -0.15) is 5.10 Å². The maximum atomic E-state index is 13.3. The third kappa shape index (κ3) is 4.55. The first-order valence-electron chi connectivity index (χ1n) is 10.5. The zero-order valence-electron chi connectivity index (χ0n) is 18.6. The first-order chi connectivity index (χ1) is 15.8. The van der Waals surface area contributed by atoms with Gasteiger partial charge in [0.2, 0.25) is 0 Å². The summed E-state index contributed by atoms with van der Waals surface area (Å²) in [4.78, 5) is 17.4. The van der Waals surface area contributed by atoms with E-state index in [4.69, 9.17) is 0 Å². The van der Waals surface area contributed by atoms with Crippen molar-refractivity contribution in [1.29, 1.82) is 0 Å². The number of hydrogen-bond acceptors (Lipinski definition) is 4. The lowest BCUT2D eigenvalue weighted by Gasteiger charge is -2.27. The minimum absolute atomic E-state index is 0.234. The smallest absolute Gasteiger partial charge is 0.254 e. The predicted octanol–water partition coefficient (Wildman–Crippen LogP) is 5.45. The molecule has 172 valence electrons. The molecule has 0 fully saturated rings. The topological polar surface area (TPSA) is 85.0 Å². The molecule has 4 aromatic rings. The number of aromatic nitrogens is 4. The van der Waals surface area contributed by atoms with E-state index < -0.39 is 10.5 Å². The van der Waals surface area contributed by atoms with E-state index in [1.54, 1.807) is 44.8 Å². The van der Waals surface area contributed by atoms with E-state index in [1.165, 1.54) is 18.3 Å². The molecule has 0 saturated carbocycles. The maximum Gasteiger partial charge on any atom is 0.254 e. The SMILES string of the molecule is CC=CS(C)(O)n1ccc(C(CC)NC(=O)c2cncc3c2cnn3-c2ccc(F)cc2)c1. The van der Waals surface area contributed by atoms with Gasteiger partial charge in [0.1, 0.15) is 5.82 Å². The van der Waals surface area contributed by atoms with Crippen LogP contribution in [0.2, 0.25) is 0 Å². The van der Waals surface area contributed by atoms with Crippen LogP contribution in [0.15, 0.2) is 72.8 Å². The average molecular weight is 468 g/mol. The molecule has 2 N–H and O–H groups in total. The molecular weight excluding hydrogens is 441 g/mol. The third-order valence-corrected chi connectivity index (χ3v) is 7.31. The summed E-state index contributed by atoms with van der Waals surface area (Å²) >= 11 is 0. The van der Waals surface area contributed by atoms with Crippen molar-refractivity contribution in [1.82, 2.24) is 24.1 Å². The fraction of sp³-hybridized carbons (Fsp3) is 0.208. The van der Waals surface area contributed by atoms with Crippen LogP contribution in [0, 0.1) is 5.82 Å². The van der Waals surface area contributed by atoms with Gasteiger partial charge < -0.3 is 9.87 Å². The summed E-state index contributed by atoms with van der Waals surface area (Å²) in [6.07, 6.45) is 12.7. The lowest BCUT2D eigenvalue weighted by atomic mass is 10.1. The van der Waals surface area contributed by atoms with E-state index in [0.717, 1.165) is 5.56 Å². The molecule has 0 radical (unpaired) electrons. The normalized spacial score (nSPS) is 15.4. The Hall–Kier alpha value is -3.43. The van der Waals surface area contributed by atoms with Crippen molar-refractivity contribution in [3.63, 3.8) is 0 Å². The highest BCUT2D eigenvalue weighted by atomic mass is 32.3. The number of hydrogen-bond donors (Lipinski definition) is 2. The largest absolute Gasteiger partial charge is 0.345 e. The fourth-order valence-electron chi connectivity index (χ4n) is 3.72. The number of allylic oxidation sites excluding steroid dienone is 1. The van der Waals surface area contributed by atoms with Crippen LogP contribution in [-0.4, -0.2) is 35.5 Å². The molecule has 0 bridgehead atoms. The van der Waals surface area contributed by atoms with Gasteiger partial charge in [0.05, 0.1) is 35.2 Å². The zero-order valence-corrected chi connectivity index (χ0v) is 19.5. The van der Waals surface area contributed by atoms with Crippen LogP contribution < -0.4 is 5.32 Å². The molecule has 0 aliphatic heterocycles. The maximum absolute atomic E-state index is 13.3. The van der Waals surface area contributed by atoms with Crippen molar-refractivity contribution < 1.29 is 13.7 Å². The number of halogens is 1. The van der Waals surface area contributed by atoms with Crippen LogP contribution in [0.1, 0.15) is 42.2 Å². The number of nitrogens with zero attached hydrogens (tertiary/aromatic N) is 4. The van der Waals surface area contributed by atoms with Gasteiger partial charge in [-0.15, -0.1) is 0 Å². The molecule has 7 nitrogen and oxygen atoms in total. The van der Waals surface area contributed by atoms with Crippen molar-refractivity contribution in [2.75, 3.05) is 6.26 Å². The Morgan fingerprint density at radius 1 is 1.24 bits per heavy atom. The number of nitrogens with one attached hydrogen (secondary N) is 1. The van der Waals surface area contributed by atoms with Gasteiger partial charge >= 0.3 is 0 Å². The number of benzene rings is 1. The number of amides is 1. The van der Waals surface area contributed by atoms with Gasteiger partial charge in [0.15, 0.2) is 0 Å². The standard InChI is InChI=1S/C24H26FN5O2S/c1-4-12-33(3,32)29-11-10-17(16-29)22(5-2)28-24(31)21-13-26-15-23-20(21)14-27-30(23)19-8-6-18(25)7-9-19/h4,6-16,22,32H,5H2,1-3H3,(H,28,31). The Morgan fingerprint density at radius 3 is 2.70 bits per heavy atom. The Bertz CT molecular complexity index is 1310. The van der Waals surface area contributed by atoms with Crippen LogP contribution in [0.3, 0.4) is 0 Å². The number of carbonyl (C=O) groups excluding carboxylic acids is 1. The lowest BCUT2D eigenvalue weighted by molar-refractivity contribution is 0.0937. The second-order valence-electron chi connectivity index (χ2n) is 7.75.